The fraction of sp³-hybridized carbons (Fsp3) is 0.909. The van der Waals surface area contributed by atoms with Crippen molar-refractivity contribution in [3.63, 3.8) is 0 Å². The number of nitrogens with zero attached hydrogens (tertiary/aromatic N) is 4. The Morgan fingerprint density at radius 3 is 2.14 bits per heavy atom. The number of guanidine groups is 1. The number of rotatable bonds is 7. The molecule has 0 aromatic carbocycles. The summed E-state index contributed by atoms with van der Waals surface area (Å²) in [6.45, 7) is 17.5. The summed E-state index contributed by atoms with van der Waals surface area (Å²) < 4.78 is 0. The Morgan fingerprint density at radius 2 is 1.62 bits per heavy atom. The lowest BCUT2D eigenvalue weighted by molar-refractivity contribution is -0.135. The zero-order chi connectivity index (χ0) is 21.4. The molecule has 168 valence electrons. The molecule has 2 saturated heterocycles. The van der Waals surface area contributed by atoms with E-state index in [-0.39, 0.29) is 5.91 Å². The Kier molecular flexibility index (Phi) is 9.21. The summed E-state index contributed by atoms with van der Waals surface area (Å²) >= 11 is 0. The third-order valence-corrected chi connectivity index (χ3v) is 6.43. The van der Waals surface area contributed by atoms with Gasteiger partial charge in [-0.25, -0.2) is 0 Å². The Morgan fingerprint density at radius 1 is 1.03 bits per heavy atom. The smallest absolute Gasteiger partial charge is 0.236 e. The van der Waals surface area contributed by atoms with Crippen molar-refractivity contribution in [2.75, 3.05) is 58.9 Å². The average Bonchev–Trinajstić information content (AvgIpc) is 2.71. The number of likely N-dealkylation sites (tertiary alicyclic amines) is 1. The topological polar surface area (TPSA) is 71.4 Å². The van der Waals surface area contributed by atoms with Crippen molar-refractivity contribution in [1.82, 2.24) is 20.0 Å². The predicted octanol–water partition coefficient (Wildman–Crippen LogP) is 1.63. The van der Waals surface area contributed by atoms with Gasteiger partial charge in [-0.05, 0) is 38.0 Å². The van der Waals surface area contributed by atoms with Gasteiger partial charge in [0.05, 0.1) is 18.7 Å². The zero-order valence-electron chi connectivity index (χ0n) is 19.3. The van der Waals surface area contributed by atoms with Crippen molar-refractivity contribution in [1.29, 1.82) is 0 Å². The summed E-state index contributed by atoms with van der Waals surface area (Å²) in [4.78, 5) is 24.1. The molecule has 2 fully saturated rings. The normalized spacial score (nSPS) is 24.7. The van der Waals surface area contributed by atoms with E-state index in [1.807, 2.05) is 13.8 Å². The first-order valence-electron chi connectivity index (χ1n) is 11.6. The molecule has 0 aromatic heterocycles. The van der Waals surface area contributed by atoms with Crippen LogP contribution in [0.2, 0.25) is 0 Å². The highest BCUT2D eigenvalue weighted by atomic mass is 16.3. The molecule has 2 aliphatic heterocycles. The molecule has 0 spiro atoms. The van der Waals surface area contributed by atoms with E-state index in [0.717, 1.165) is 51.8 Å². The first-order chi connectivity index (χ1) is 13.8. The van der Waals surface area contributed by atoms with Crippen molar-refractivity contribution in [3.8, 4) is 0 Å². The largest absolute Gasteiger partial charge is 0.388 e. The minimum Gasteiger partial charge on any atom is -0.388 e. The Balaban J connectivity index is 1.86. The number of carbonyl (C=O) groups excluding carboxylic acids is 1. The lowest BCUT2D eigenvalue weighted by atomic mass is 9.92. The van der Waals surface area contributed by atoms with Crippen molar-refractivity contribution < 1.29 is 9.90 Å². The third-order valence-electron chi connectivity index (χ3n) is 6.43. The number of hydrogen-bond acceptors (Lipinski definition) is 4. The molecule has 0 radical (unpaired) electrons. The number of piperidine rings is 1. The summed E-state index contributed by atoms with van der Waals surface area (Å²) in [7, 11) is 0. The van der Waals surface area contributed by atoms with Gasteiger partial charge in [-0.15, -0.1) is 0 Å². The van der Waals surface area contributed by atoms with Gasteiger partial charge in [0.25, 0.3) is 0 Å². The number of nitrogens with one attached hydrogen (secondary N) is 1. The SMILES string of the molecule is CCNC(=NCC(O)(CC)CC)N1CCN(CC(=O)N2CC(C)CC(C)C2)CC1. The van der Waals surface area contributed by atoms with Crippen LogP contribution in [0, 0.1) is 11.8 Å². The van der Waals surface area contributed by atoms with Gasteiger partial charge in [-0.2, -0.15) is 0 Å². The lowest BCUT2D eigenvalue weighted by Gasteiger charge is -2.39. The maximum atomic E-state index is 12.8. The summed E-state index contributed by atoms with van der Waals surface area (Å²) in [6.07, 6.45) is 2.63. The predicted molar refractivity (Wildman–Crippen MR) is 119 cm³/mol. The van der Waals surface area contributed by atoms with Crippen LogP contribution in [0.1, 0.15) is 53.9 Å². The standard InChI is InChI=1S/C22H43N5O2/c1-6-22(29,7-2)17-24-21(23-8-3)26-11-9-25(10-12-26)16-20(28)27-14-18(4)13-19(5)15-27/h18-19,29H,6-17H2,1-5H3,(H,23,24). The molecule has 0 aromatic rings. The maximum Gasteiger partial charge on any atom is 0.236 e. The molecule has 29 heavy (non-hydrogen) atoms. The molecule has 0 bridgehead atoms. The van der Waals surface area contributed by atoms with Gasteiger partial charge in [-0.1, -0.05) is 27.7 Å². The van der Waals surface area contributed by atoms with Crippen LogP contribution in [0.25, 0.3) is 0 Å². The Hall–Kier alpha value is -1.34. The van der Waals surface area contributed by atoms with Crippen LogP contribution in [0.15, 0.2) is 4.99 Å². The van der Waals surface area contributed by atoms with Gasteiger partial charge >= 0.3 is 0 Å². The van der Waals surface area contributed by atoms with Crippen molar-refractivity contribution in [2.45, 2.75) is 59.5 Å². The second kappa shape index (κ2) is 11.2. The van der Waals surface area contributed by atoms with Gasteiger partial charge in [0.2, 0.25) is 5.91 Å². The molecule has 0 aliphatic carbocycles. The van der Waals surface area contributed by atoms with Crippen LogP contribution in [0.3, 0.4) is 0 Å². The van der Waals surface area contributed by atoms with E-state index in [9.17, 15) is 9.90 Å². The molecule has 2 N–H and O–H groups in total. The molecule has 0 saturated carbocycles. The lowest BCUT2D eigenvalue weighted by Crippen LogP contribution is -2.55. The fourth-order valence-electron chi connectivity index (χ4n) is 4.40. The molecule has 2 heterocycles. The number of carbonyl (C=O) groups is 1. The van der Waals surface area contributed by atoms with E-state index in [2.05, 4.69) is 40.8 Å². The molecule has 7 heteroatoms. The molecular formula is C22H43N5O2. The minimum absolute atomic E-state index is 0.272. The highest BCUT2D eigenvalue weighted by molar-refractivity contribution is 5.80. The van der Waals surface area contributed by atoms with E-state index in [0.29, 0.717) is 37.8 Å². The summed E-state index contributed by atoms with van der Waals surface area (Å²) in [5.41, 5.74) is -0.725. The second-order valence-electron chi connectivity index (χ2n) is 9.11. The number of amides is 1. The minimum atomic E-state index is -0.725. The summed E-state index contributed by atoms with van der Waals surface area (Å²) in [5.74, 6) is 2.34. The van der Waals surface area contributed by atoms with Crippen molar-refractivity contribution >= 4 is 11.9 Å². The molecule has 2 aliphatic rings. The van der Waals surface area contributed by atoms with Crippen LogP contribution in [0.4, 0.5) is 0 Å². The molecule has 2 atom stereocenters. The first kappa shape index (κ1) is 23.9. The maximum absolute atomic E-state index is 12.8. The van der Waals surface area contributed by atoms with Gasteiger partial charge in [0.15, 0.2) is 5.96 Å². The molecular weight excluding hydrogens is 366 g/mol. The van der Waals surface area contributed by atoms with E-state index in [1.165, 1.54) is 6.42 Å². The first-order valence-corrected chi connectivity index (χ1v) is 11.6. The zero-order valence-corrected chi connectivity index (χ0v) is 19.3. The number of aliphatic imine (C=N–C) groups is 1. The van der Waals surface area contributed by atoms with Crippen LogP contribution in [-0.4, -0.2) is 96.2 Å². The highest BCUT2D eigenvalue weighted by Gasteiger charge is 2.28. The second-order valence-corrected chi connectivity index (χ2v) is 9.11. The van der Waals surface area contributed by atoms with Crippen LogP contribution in [-0.2, 0) is 4.79 Å². The third kappa shape index (κ3) is 7.14. The van der Waals surface area contributed by atoms with Gasteiger partial charge in [0.1, 0.15) is 0 Å². The van der Waals surface area contributed by atoms with Gasteiger partial charge in [-0.3, -0.25) is 14.7 Å². The quantitative estimate of drug-likeness (QED) is 0.494. The molecule has 1 amide bonds. The summed E-state index contributed by atoms with van der Waals surface area (Å²) in [5, 5.41) is 13.9. The van der Waals surface area contributed by atoms with Crippen LogP contribution in [0.5, 0.6) is 0 Å². The molecule has 2 unspecified atom stereocenters. The Bertz CT molecular complexity index is 531. The van der Waals surface area contributed by atoms with E-state index in [1.54, 1.807) is 0 Å². The number of piperazine rings is 1. The molecule has 2 rings (SSSR count). The van der Waals surface area contributed by atoms with E-state index in [4.69, 9.17) is 4.99 Å². The Labute approximate surface area is 177 Å². The summed E-state index contributed by atoms with van der Waals surface area (Å²) in [6, 6.07) is 0. The molecule has 7 nitrogen and oxygen atoms in total. The van der Waals surface area contributed by atoms with Gasteiger partial charge < -0.3 is 20.2 Å². The highest BCUT2D eigenvalue weighted by Crippen LogP contribution is 2.21. The number of hydrogen-bond donors (Lipinski definition) is 2. The fourth-order valence-corrected chi connectivity index (χ4v) is 4.40. The monoisotopic (exact) mass is 409 g/mol. The van der Waals surface area contributed by atoms with E-state index >= 15 is 0 Å². The van der Waals surface area contributed by atoms with Crippen molar-refractivity contribution in [2.24, 2.45) is 16.8 Å². The van der Waals surface area contributed by atoms with Crippen molar-refractivity contribution in [3.05, 3.63) is 0 Å². The number of aliphatic hydroxyl groups is 1. The van der Waals surface area contributed by atoms with E-state index < -0.39 is 5.60 Å². The average molecular weight is 410 g/mol. The van der Waals surface area contributed by atoms with Gasteiger partial charge in [0, 0.05) is 45.8 Å². The van der Waals surface area contributed by atoms with Crippen LogP contribution >= 0.6 is 0 Å². The van der Waals surface area contributed by atoms with Crippen LogP contribution < -0.4 is 5.32 Å².